The van der Waals surface area contributed by atoms with Gasteiger partial charge in [-0.15, -0.1) is 0 Å². The number of fused-ring (bicyclic) bond motifs is 3. The van der Waals surface area contributed by atoms with Crippen molar-refractivity contribution in [3.8, 4) is 22.9 Å². The number of nitrogens with zero attached hydrogens (tertiary/aromatic N) is 2. The van der Waals surface area contributed by atoms with Gasteiger partial charge in [0, 0.05) is 12.4 Å². The molecular weight excluding hydrogens is 360 g/mol. The average Bonchev–Trinajstić information content (AvgIpc) is 3.04. The summed E-state index contributed by atoms with van der Waals surface area (Å²) in [6, 6.07) is 19.5. The standard InChI is InChI=1S/C25H20N2O2/c1-15-13-17(7-9-21(15)28)25(18-8-10-22(29)16(2)14-18)19-5-3-11-26-23(19)24-20(25)6-4-12-27-24/h3-14,28-29H,1-2H3. The van der Waals surface area contributed by atoms with Crippen molar-refractivity contribution in [1.29, 1.82) is 0 Å². The molecule has 0 unspecified atom stereocenters. The van der Waals surface area contributed by atoms with Crippen LogP contribution in [0.25, 0.3) is 11.4 Å². The highest BCUT2D eigenvalue weighted by Crippen LogP contribution is 2.55. The second-order valence-corrected chi connectivity index (χ2v) is 7.55. The lowest BCUT2D eigenvalue weighted by Crippen LogP contribution is -2.29. The van der Waals surface area contributed by atoms with Crippen molar-refractivity contribution in [1.82, 2.24) is 9.97 Å². The highest BCUT2D eigenvalue weighted by atomic mass is 16.3. The van der Waals surface area contributed by atoms with E-state index in [1.807, 2.05) is 50.2 Å². The minimum atomic E-state index is -0.635. The Hall–Kier alpha value is -3.66. The molecule has 2 N–H and O–H groups in total. The summed E-state index contributed by atoms with van der Waals surface area (Å²) >= 11 is 0. The van der Waals surface area contributed by atoms with Gasteiger partial charge in [-0.05, 0) is 71.5 Å². The molecule has 0 amide bonds. The molecule has 142 valence electrons. The Morgan fingerprint density at radius 3 is 1.52 bits per heavy atom. The van der Waals surface area contributed by atoms with Gasteiger partial charge in [-0.25, -0.2) is 0 Å². The van der Waals surface area contributed by atoms with E-state index in [4.69, 9.17) is 0 Å². The quantitative estimate of drug-likeness (QED) is 0.459. The Balaban J connectivity index is 1.97. The molecule has 1 aliphatic rings. The molecular formula is C25H20N2O2. The van der Waals surface area contributed by atoms with Crippen LogP contribution in [-0.2, 0) is 5.41 Å². The zero-order valence-electron chi connectivity index (χ0n) is 16.2. The van der Waals surface area contributed by atoms with Gasteiger partial charge >= 0.3 is 0 Å². The predicted molar refractivity (Wildman–Crippen MR) is 112 cm³/mol. The number of hydrogen-bond donors (Lipinski definition) is 2. The fourth-order valence-corrected chi connectivity index (χ4v) is 4.50. The SMILES string of the molecule is Cc1cc(C2(c3ccc(O)c(C)c3)c3cccnc3-c3ncccc32)ccc1O. The summed E-state index contributed by atoms with van der Waals surface area (Å²) in [7, 11) is 0. The van der Waals surface area contributed by atoms with Crippen LogP contribution < -0.4 is 0 Å². The van der Waals surface area contributed by atoms with Gasteiger partial charge in [-0.3, -0.25) is 9.97 Å². The highest BCUT2D eigenvalue weighted by molar-refractivity contribution is 5.81. The van der Waals surface area contributed by atoms with E-state index in [0.29, 0.717) is 0 Å². The van der Waals surface area contributed by atoms with E-state index in [2.05, 4.69) is 22.1 Å². The van der Waals surface area contributed by atoms with Crippen molar-refractivity contribution >= 4 is 0 Å². The zero-order chi connectivity index (χ0) is 20.2. The number of phenolic OH excluding ortho intramolecular Hbond substituents is 2. The number of benzene rings is 2. The largest absolute Gasteiger partial charge is 0.508 e. The van der Waals surface area contributed by atoms with Crippen LogP contribution in [0.3, 0.4) is 0 Å². The van der Waals surface area contributed by atoms with Crippen molar-refractivity contribution in [2.24, 2.45) is 0 Å². The maximum atomic E-state index is 10.2. The zero-order valence-corrected chi connectivity index (χ0v) is 16.2. The van der Waals surface area contributed by atoms with E-state index >= 15 is 0 Å². The molecule has 4 heteroatoms. The molecule has 0 fully saturated rings. The first-order valence-corrected chi connectivity index (χ1v) is 9.55. The predicted octanol–water partition coefficient (Wildman–Crippen LogP) is 4.87. The second-order valence-electron chi connectivity index (χ2n) is 7.55. The third-order valence-electron chi connectivity index (χ3n) is 5.91. The van der Waals surface area contributed by atoms with Gasteiger partial charge in [0.2, 0.25) is 0 Å². The molecule has 2 aromatic heterocycles. The number of aromatic hydroxyl groups is 2. The topological polar surface area (TPSA) is 66.2 Å². The summed E-state index contributed by atoms with van der Waals surface area (Å²) < 4.78 is 0. The van der Waals surface area contributed by atoms with Gasteiger partial charge in [0.25, 0.3) is 0 Å². The third-order valence-corrected chi connectivity index (χ3v) is 5.91. The lowest BCUT2D eigenvalue weighted by atomic mass is 9.67. The molecule has 2 aromatic carbocycles. The molecule has 0 radical (unpaired) electrons. The van der Waals surface area contributed by atoms with E-state index in [-0.39, 0.29) is 11.5 Å². The fourth-order valence-electron chi connectivity index (χ4n) is 4.50. The van der Waals surface area contributed by atoms with Crippen LogP contribution in [0, 0.1) is 13.8 Å². The molecule has 0 spiro atoms. The number of aromatic nitrogens is 2. The molecule has 0 bridgehead atoms. The maximum Gasteiger partial charge on any atom is 0.118 e. The maximum absolute atomic E-state index is 10.2. The molecule has 2 heterocycles. The minimum absolute atomic E-state index is 0.265. The summed E-state index contributed by atoms with van der Waals surface area (Å²) in [5.41, 5.74) is 6.84. The molecule has 0 aliphatic heterocycles. The normalized spacial score (nSPS) is 13.7. The Labute approximate surface area is 169 Å². The summed E-state index contributed by atoms with van der Waals surface area (Å²) in [5.74, 6) is 0.531. The first-order chi connectivity index (χ1) is 14.0. The van der Waals surface area contributed by atoms with E-state index < -0.39 is 5.41 Å². The Morgan fingerprint density at radius 2 is 1.10 bits per heavy atom. The van der Waals surface area contributed by atoms with Gasteiger partial charge < -0.3 is 10.2 Å². The van der Waals surface area contributed by atoms with Crippen LogP contribution in [0.2, 0.25) is 0 Å². The second kappa shape index (κ2) is 6.17. The van der Waals surface area contributed by atoms with Crippen molar-refractivity contribution in [2.75, 3.05) is 0 Å². The van der Waals surface area contributed by atoms with E-state index in [9.17, 15) is 10.2 Å². The van der Waals surface area contributed by atoms with Crippen LogP contribution in [0.5, 0.6) is 11.5 Å². The lowest BCUT2D eigenvalue weighted by molar-refractivity contribution is 0.470. The third kappa shape index (κ3) is 2.32. The first-order valence-electron chi connectivity index (χ1n) is 9.55. The smallest absolute Gasteiger partial charge is 0.118 e. The van der Waals surface area contributed by atoms with Crippen molar-refractivity contribution < 1.29 is 10.2 Å². The van der Waals surface area contributed by atoms with Gasteiger partial charge in [-0.1, -0.05) is 36.4 Å². The molecule has 5 rings (SSSR count). The minimum Gasteiger partial charge on any atom is -0.508 e. The average molecular weight is 380 g/mol. The highest BCUT2D eigenvalue weighted by Gasteiger charge is 2.47. The van der Waals surface area contributed by atoms with Gasteiger partial charge in [-0.2, -0.15) is 0 Å². The Bertz CT molecular complexity index is 1160. The molecule has 29 heavy (non-hydrogen) atoms. The number of phenols is 2. The molecule has 1 aliphatic carbocycles. The van der Waals surface area contributed by atoms with Gasteiger partial charge in [0.15, 0.2) is 0 Å². The Morgan fingerprint density at radius 1 is 0.655 bits per heavy atom. The van der Waals surface area contributed by atoms with E-state index in [1.54, 1.807) is 24.5 Å². The van der Waals surface area contributed by atoms with Crippen LogP contribution in [-0.4, -0.2) is 20.2 Å². The molecule has 0 saturated heterocycles. The molecule has 4 nitrogen and oxygen atoms in total. The van der Waals surface area contributed by atoms with Gasteiger partial charge in [0.1, 0.15) is 11.5 Å². The summed E-state index contributed by atoms with van der Waals surface area (Å²) in [4.78, 5) is 9.33. The molecule has 0 atom stereocenters. The fraction of sp³-hybridized carbons (Fsp3) is 0.120. The summed E-state index contributed by atoms with van der Waals surface area (Å²) in [6.45, 7) is 3.80. The summed E-state index contributed by atoms with van der Waals surface area (Å²) in [6.07, 6.45) is 3.58. The Kier molecular flexibility index (Phi) is 3.71. The van der Waals surface area contributed by atoms with Gasteiger partial charge in [0.05, 0.1) is 16.8 Å². The lowest BCUT2D eigenvalue weighted by Gasteiger charge is -2.33. The van der Waals surface area contributed by atoms with Crippen LogP contribution in [0.15, 0.2) is 73.1 Å². The molecule has 0 saturated carbocycles. The summed E-state index contributed by atoms with van der Waals surface area (Å²) in [5, 5.41) is 20.3. The number of pyridine rings is 2. The molecule has 4 aromatic rings. The van der Waals surface area contributed by atoms with Crippen LogP contribution in [0.1, 0.15) is 33.4 Å². The van der Waals surface area contributed by atoms with E-state index in [1.165, 1.54) is 0 Å². The van der Waals surface area contributed by atoms with Crippen LogP contribution >= 0.6 is 0 Å². The van der Waals surface area contributed by atoms with Crippen molar-refractivity contribution in [2.45, 2.75) is 19.3 Å². The van der Waals surface area contributed by atoms with Crippen molar-refractivity contribution in [3.05, 3.63) is 106 Å². The number of aryl methyl sites for hydroxylation is 2. The first kappa shape index (κ1) is 17.4. The van der Waals surface area contributed by atoms with Crippen LogP contribution in [0.4, 0.5) is 0 Å². The number of rotatable bonds is 2. The number of hydrogen-bond acceptors (Lipinski definition) is 4. The monoisotopic (exact) mass is 380 g/mol. The van der Waals surface area contributed by atoms with E-state index in [0.717, 1.165) is 44.8 Å². The van der Waals surface area contributed by atoms with Crippen molar-refractivity contribution in [3.63, 3.8) is 0 Å².